The molecular formula is C23H46N4O2. The second-order valence-corrected chi connectivity index (χ2v) is 8.41. The number of nitrogens with zero attached hydrogens (tertiary/aromatic N) is 3. The van der Waals surface area contributed by atoms with Gasteiger partial charge in [0.1, 0.15) is 0 Å². The van der Waals surface area contributed by atoms with Crippen molar-refractivity contribution in [1.82, 2.24) is 15.1 Å². The topological polar surface area (TPSA) is 86.2 Å². The number of hydrogen-bond acceptors (Lipinski definition) is 5. The van der Waals surface area contributed by atoms with Crippen molar-refractivity contribution in [2.45, 2.75) is 122 Å². The molecule has 0 aliphatic rings. The zero-order valence-corrected chi connectivity index (χ0v) is 18.9. The maximum atomic E-state index is 9.93. The third-order valence-electron chi connectivity index (χ3n) is 5.55. The smallest absolute Gasteiger partial charge is 0.0847 e. The number of nitrogen functional groups attached to an aromatic ring is 1. The molecule has 1 atom stereocenters. The zero-order valence-electron chi connectivity index (χ0n) is 18.9. The summed E-state index contributed by atoms with van der Waals surface area (Å²) in [7, 11) is 0. The van der Waals surface area contributed by atoms with Gasteiger partial charge in [0.05, 0.1) is 24.6 Å². The third-order valence-corrected chi connectivity index (χ3v) is 5.55. The lowest BCUT2D eigenvalue weighted by Gasteiger charge is -2.10. The van der Waals surface area contributed by atoms with Gasteiger partial charge in [-0.15, -0.1) is 5.10 Å². The van der Waals surface area contributed by atoms with Crippen molar-refractivity contribution in [2.75, 3.05) is 19.1 Å². The van der Waals surface area contributed by atoms with E-state index in [1.807, 2.05) is 0 Å². The fraction of sp³-hybridized carbons (Fsp3) is 0.913. The van der Waals surface area contributed by atoms with Crippen molar-refractivity contribution in [3.05, 3.63) is 11.9 Å². The Hall–Kier alpha value is -1.14. The number of nitrogens with two attached hydrogens (primary N) is 1. The molecule has 1 aromatic heterocycles. The van der Waals surface area contributed by atoms with E-state index in [1.54, 1.807) is 6.20 Å². The molecule has 0 saturated carbocycles. The molecule has 1 aromatic rings. The Bertz CT molecular complexity index is 467. The number of aliphatic hydroxyl groups is 1. The molecule has 1 unspecified atom stereocenters. The van der Waals surface area contributed by atoms with Crippen LogP contribution in [0.5, 0.6) is 0 Å². The summed E-state index contributed by atoms with van der Waals surface area (Å²) in [5.41, 5.74) is 0.712. The molecule has 0 amide bonds. The second-order valence-electron chi connectivity index (χ2n) is 8.41. The van der Waals surface area contributed by atoms with Gasteiger partial charge in [0.15, 0.2) is 0 Å². The fourth-order valence-corrected chi connectivity index (χ4v) is 3.68. The molecular weight excluding hydrogens is 364 g/mol. The number of ether oxygens (including phenoxy) is 1. The second kappa shape index (κ2) is 18.9. The molecule has 3 N–H and O–H groups in total. The summed E-state index contributed by atoms with van der Waals surface area (Å²) in [6.45, 7) is 3.34. The van der Waals surface area contributed by atoms with Gasteiger partial charge < -0.3 is 15.7 Å². The molecule has 1 heterocycles. The number of rotatable bonds is 21. The minimum atomic E-state index is -0.558. The number of aromatic nitrogens is 3. The lowest BCUT2D eigenvalue weighted by molar-refractivity contribution is 0.0347. The van der Waals surface area contributed by atoms with Gasteiger partial charge in [0.25, 0.3) is 0 Å². The Labute approximate surface area is 178 Å². The van der Waals surface area contributed by atoms with E-state index in [0.717, 1.165) is 13.0 Å². The highest BCUT2D eigenvalue weighted by Crippen LogP contribution is 2.13. The standard InChI is InChI=1S/C23H46N4O2/c1-2-3-4-5-6-7-8-9-10-11-12-13-14-15-16-17-18-29-21-23(28)19-22-20-25-26-27(22)24/h20,23,28H,2-19,21,24H2,1H3. The molecule has 0 radical (unpaired) electrons. The summed E-state index contributed by atoms with van der Waals surface area (Å²) in [6, 6.07) is 0. The van der Waals surface area contributed by atoms with E-state index < -0.39 is 6.10 Å². The Morgan fingerprint density at radius 2 is 1.34 bits per heavy atom. The van der Waals surface area contributed by atoms with Gasteiger partial charge in [-0.1, -0.05) is 103 Å². The molecule has 0 bridgehead atoms. The molecule has 0 aromatic carbocycles. The first-order valence-electron chi connectivity index (χ1n) is 12.1. The van der Waals surface area contributed by atoms with E-state index >= 15 is 0 Å². The van der Waals surface area contributed by atoms with Crippen molar-refractivity contribution in [3.63, 3.8) is 0 Å². The first kappa shape index (κ1) is 25.9. The Morgan fingerprint density at radius 3 is 1.79 bits per heavy atom. The maximum Gasteiger partial charge on any atom is 0.0847 e. The highest BCUT2D eigenvalue weighted by molar-refractivity contribution is 4.95. The van der Waals surface area contributed by atoms with Crippen LogP contribution in [0.2, 0.25) is 0 Å². The van der Waals surface area contributed by atoms with Gasteiger partial charge in [-0.3, -0.25) is 0 Å². The van der Waals surface area contributed by atoms with Crippen LogP contribution in [0.15, 0.2) is 6.20 Å². The Balaban J connectivity index is 1.73. The van der Waals surface area contributed by atoms with Crippen LogP contribution in [0.1, 0.15) is 115 Å². The van der Waals surface area contributed by atoms with E-state index in [4.69, 9.17) is 10.6 Å². The van der Waals surface area contributed by atoms with Crippen molar-refractivity contribution >= 4 is 0 Å². The summed E-state index contributed by atoms with van der Waals surface area (Å²) in [5.74, 6) is 5.58. The molecule has 6 heteroatoms. The van der Waals surface area contributed by atoms with Crippen LogP contribution in [0.25, 0.3) is 0 Å². The Morgan fingerprint density at radius 1 is 0.862 bits per heavy atom. The monoisotopic (exact) mass is 410 g/mol. The van der Waals surface area contributed by atoms with Gasteiger partial charge in [0, 0.05) is 13.0 Å². The van der Waals surface area contributed by atoms with Crippen LogP contribution in [0.4, 0.5) is 0 Å². The van der Waals surface area contributed by atoms with Crippen LogP contribution < -0.4 is 5.84 Å². The predicted molar refractivity (Wildman–Crippen MR) is 120 cm³/mol. The molecule has 0 aliphatic carbocycles. The van der Waals surface area contributed by atoms with E-state index in [-0.39, 0.29) is 0 Å². The summed E-state index contributed by atoms with van der Waals surface area (Å²) in [6.07, 6.45) is 23.3. The summed E-state index contributed by atoms with van der Waals surface area (Å²) in [4.78, 5) is 1.19. The zero-order chi connectivity index (χ0) is 21.0. The SMILES string of the molecule is CCCCCCCCCCCCCCCCCCOCC(O)Cc1cnnn1N. The number of unbranched alkanes of at least 4 members (excludes halogenated alkanes) is 15. The van der Waals surface area contributed by atoms with Gasteiger partial charge in [-0.25, -0.2) is 0 Å². The van der Waals surface area contributed by atoms with Crippen molar-refractivity contribution in [1.29, 1.82) is 0 Å². The van der Waals surface area contributed by atoms with Crippen LogP contribution in [0, 0.1) is 0 Å². The summed E-state index contributed by atoms with van der Waals surface area (Å²) >= 11 is 0. The molecule has 6 nitrogen and oxygen atoms in total. The minimum absolute atomic E-state index is 0.337. The molecule has 0 fully saturated rings. The van der Waals surface area contributed by atoms with Gasteiger partial charge in [0.2, 0.25) is 0 Å². The fourth-order valence-electron chi connectivity index (χ4n) is 3.68. The van der Waals surface area contributed by atoms with Crippen molar-refractivity contribution in [2.24, 2.45) is 0 Å². The van der Waals surface area contributed by atoms with Crippen LogP contribution in [-0.4, -0.2) is 39.5 Å². The van der Waals surface area contributed by atoms with Crippen LogP contribution in [-0.2, 0) is 11.2 Å². The average Bonchev–Trinajstić information content (AvgIpc) is 3.11. The molecule has 0 spiro atoms. The molecule has 29 heavy (non-hydrogen) atoms. The van der Waals surface area contributed by atoms with Gasteiger partial charge >= 0.3 is 0 Å². The molecule has 0 saturated heterocycles. The normalized spacial score (nSPS) is 12.5. The van der Waals surface area contributed by atoms with Gasteiger partial charge in [-0.05, 0) is 11.6 Å². The number of hydrogen-bond donors (Lipinski definition) is 2. The highest BCUT2D eigenvalue weighted by atomic mass is 16.5. The van der Waals surface area contributed by atoms with E-state index in [9.17, 15) is 5.11 Å². The van der Waals surface area contributed by atoms with E-state index in [1.165, 1.54) is 101 Å². The number of aliphatic hydroxyl groups excluding tert-OH is 1. The third kappa shape index (κ3) is 15.4. The molecule has 1 rings (SSSR count). The quantitative estimate of drug-likeness (QED) is 0.216. The highest BCUT2D eigenvalue weighted by Gasteiger charge is 2.09. The van der Waals surface area contributed by atoms with Crippen LogP contribution in [0.3, 0.4) is 0 Å². The summed E-state index contributed by atoms with van der Waals surface area (Å²) < 4.78 is 5.56. The maximum absolute atomic E-state index is 9.93. The van der Waals surface area contributed by atoms with Crippen LogP contribution >= 0.6 is 0 Å². The first-order chi connectivity index (χ1) is 14.2. The molecule has 170 valence electrons. The van der Waals surface area contributed by atoms with E-state index in [0.29, 0.717) is 18.7 Å². The van der Waals surface area contributed by atoms with Crippen molar-refractivity contribution in [3.8, 4) is 0 Å². The average molecular weight is 411 g/mol. The van der Waals surface area contributed by atoms with E-state index in [2.05, 4.69) is 17.2 Å². The first-order valence-corrected chi connectivity index (χ1v) is 12.1. The molecule has 0 aliphatic heterocycles. The van der Waals surface area contributed by atoms with Crippen molar-refractivity contribution < 1.29 is 9.84 Å². The predicted octanol–water partition coefficient (Wildman–Crippen LogP) is 5.17. The minimum Gasteiger partial charge on any atom is -0.390 e. The largest absolute Gasteiger partial charge is 0.390 e. The van der Waals surface area contributed by atoms with Gasteiger partial charge in [-0.2, -0.15) is 4.79 Å². The summed E-state index contributed by atoms with van der Waals surface area (Å²) in [5, 5.41) is 17.3. The lowest BCUT2D eigenvalue weighted by Crippen LogP contribution is -2.23. The Kier molecular flexibility index (Phi) is 16.8. The lowest BCUT2D eigenvalue weighted by atomic mass is 10.0.